The first-order valence-electron chi connectivity index (χ1n) is 6.80. The summed E-state index contributed by atoms with van der Waals surface area (Å²) < 4.78 is 28.5. The van der Waals surface area contributed by atoms with E-state index < -0.39 is 28.1 Å². The molecule has 21 heavy (non-hydrogen) atoms. The lowest BCUT2D eigenvalue weighted by Crippen LogP contribution is -2.47. The van der Waals surface area contributed by atoms with Gasteiger partial charge in [0, 0.05) is 31.5 Å². The lowest BCUT2D eigenvalue weighted by Gasteiger charge is -2.30. The Morgan fingerprint density at radius 3 is 2.95 bits per heavy atom. The number of piperidine rings is 1. The van der Waals surface area contributed by atoms with E-state index in [1.807, 2.05) is 0 Å². The molecule has 7 nitrogen and oxygen atoms in total. The molecule has 8 heteroatoms. The molecule has 0 aliphatic carbocycles. The number of hydrogen-bond acceptors (Lipinski definition) is 4. The molecule has 2 heterocycles. The van der Waals surface area contributed by atoms with E-state index in [0.29, 0.717) is 19.4 Å². The maximum Gasteiger partial charge on any atom is 0.307 e. The standard InChI is InChI=1S/C13H19N3O4S/c1-10(11-4-2-6-14-8-11)15-21(19,20)16-7-3-5-12(9-16)13(17)18/h2,4,6,8,10,12,15H,3,5,7,9H2,1H3,(H,17,18)/t10-,12?/m0/s1. The Morgan fingerprint density at radius 1 is 1.57 bits per heavy atom. The predicted molar refractivity (Wildman–Crippen MR) is 76.6 cm³/mol. The van der Waals surface area contributed by atoms with E-state index in [1.165, 1.54) is 4.31 Å². The van der Waals surface area contributed by atoms with Gasteiger partial charge in [-0.05, 0) is 31.4 Å². The SMILES string of the molecule is C[C@H](NS(=O)(=O)N1CCCC(C(=O)O)C1)c1cccnc1. The maximum atomic E-state index is 12.3. The normalized spacial score (nSPS) is 21.9. The largest absolute Gasteiger partial charge is 0.481 e. The van der Waals surface area contributed by atoms with Crippen molar-refractivity contribution in [2.45, 2.75) is 25.8 Å². The van der Waals surface area contributed by atoms with E-state index >= 15 is 0 Å². The van der Waals surface area contributed by atoms with Crippen LogP contribution in [0.3, 0.4) is 0 Å². The summed E-state index contributed by atoms with van der Waals surface area (Å²) in [6, 6.07) is 3.10. The van der Waals surface area contributed by atoms with Crippen LogP contribution >= 0.6 is 0 Å². The average Bonchev–Trinajstić information content (AvgIpc) is 2.48. The first-order chi connectivity index (χ1) is 9.90. The Morgan fingerprint density at radius 2 is 2.33 bits per heavy atom. The van der Waals surface area contributed by atoms with E-state index in [4.69, 9.17) is 5.11 Å². The van der Waals surface area contributed by atoms with Crippen molar-refractivity contribution in [3.05, 3.63) is 30.1 Å². The Balaban J connectivity index is 2.06. The van der Waals surface area contributed by atoms with Crippen molar-refractivity contribution in [3.8, 4) is 0 Å². The van der Waals surface area contributed by atoms with Crippen LogP contribution in [0.2, 0.25) is 0 Å². The number of carbonyl (C=O) groups is 1. The molecule has 2 rings (SSSR count). The smallest absolute Gasteiger partial charge is 0.307 e. The van der Waals surface area contributed by atoms with Crippen molar-refractivity contribution in [2.75, 3.05) is 13.1 Å². The molecule has 0 saturated carbocycles. The minimum Gasteiger partial charge on any atom is -0.481 e. The molecule has 1 unspecified atom stereocenters. The van der Waals surface area contributed by atoms with Crippen LogP contribution < -0.4 is 4.72 Å². The van der Waals surface area contributed by atoms with E-state index in [1.54, 1.807) is 31.5 Å². The Hall–Kier alpha value is -1.51. The number of nitrogens with zero attached hydrogens (tertiary/aromatic N) is 2. The van der Waals surface area contributed by atoms with Crippen molar-refractivity contribution in [1.82, 2.24) is 14.0 Å². The summed E-state index contributed by atoms with van der Waals surface area (Å²) in [5, 5.41) is 9.03. The zero-order valence-electron chi connectivity index (χ0n) is 11.8. The van der Waals surface area contributed by atoms with Crippen molar-refractivity contribution in [2.24, 2.45) is 5.92 Å². The molecule has 0 amide bonds. The number of aliphatic carboxylic acids is 1. The number of hydrogen-bond donors (Lipinski definition) is 2. The van der Waals surface area contributed by atoms with Gasteiger partial charge in [0.2, 0.25) is 0 Å². The van der Waals surface area contributed by atoms with Crippen molar-refractivity contribution >= 4 is 16.2 Å². The van der Waals surface area contributed by atoms with Gasteiger partial charge in [-0.3, -0.25) is 9.78 Å². The van der Waals surface area contributed by atoms with Gasteiger partial charge in [-0.25, -0.2) is 0 Å². The Bertz CT molecular complexity index is 591. The summed E-state index contributed by atoms with van der Waals surface area (Å²) >= 11 is 0. The zero-order chi connectivity index (χ0) is 15.5. The Labute approximate surface area is 124 Å². The first kappa shape index (κ1) is 15.9. The van der Waals surface area contributed by atoms with Crippen LogP contribution in [-0.2, 0) is 15.0 Å². The molecule has 1 aliphatic rings. The summed E-state index contributed by atoms with van der Waals surface area (Å²) in [7, 11) is -3.70. The molecule has 2 atom stereocenters. The van der Waals surface area contributed by atoms with Gasteiger partial charge < -0.3 is 5.11 Å². The second-order valence-electron chi connectivity index (χ2n) is 5.17. The van der Waals surface area contributed by atoms with E-state index in [2.05, 4.69) is 9.71 Å². The number of carboxylic acids is 1. The van der Waals surface area contributed by atoms with E-state index in [0.717, 1.165) is 5.56 Å². The molecule has 0 aromatic carbocycles. The van der Waals surface area contributed by atoms with Gasteiger partial charge >= 0.3 is 5.97 Å². The lowest BCUT2D eigenvalue weighted by molar-refractivity contribution is -0.142. The molecular weight excluding hydrogens is 294 g/mol. The first-order valence-corrected chi connectivity index (χ1v) is 8.24. The summed E-state index contributed by atoms with van der Waals surface area (Å²) in [6.07, 6.45) is 4.29. The maximum absolute atomic E-state index is 12.3. The third-order valence-corrected chi connectivity index (χ3v) is 5.25. The van der Waals surface area contributed by atoms with Gasteiger partial charge in [0.1, 0.15) is 0 Å². The number of pyridine rings is 1. The topological polar surface area (TPSA) is 99.6 Å². The van der Waals surface area contributed by atoms with Gasteiger partial charge in [-0.2, -0.15) is 17.4 Å². The molecule has 2 N–H and O–H groups in total. The van der Waals surface area contributed by atoms with Crippen LogP contribution in [0, 0.1) is 5.92 Å². The minimum atomic E-state index is -3.70. The predicted octanol–water partition coefficient (Wildman–Crippen LogP) is 0.774. The third-order valence-electron chi connectivity index (χ3n) is 3.58. The second-order valence-corrected chi connectivity index (χ2v) is 6.87. The molecule has 1 fully saturated rings. The van der Waals surface area contributed by atoms with Crippen molar-refractivity contribution in [3.63, 3.8) is 0 Å². The molecule has 1 saturated heterocycles. The highest BCUT2D eigenvalue weighted by Crippen LogP contribution is 2.20. The molecular formula is C13H19N3O4S. The summed E-state index contributed by atoms with van der Waals surface area (Å²) in [5.74, 6) is -1.58. The third kappa shape index (κ3) is 3.99. The van der Waals surface area contributed by atoms with Gasteiger partial charge in [0.15, 0.2) is 0 Å². The monoisotopic (exact) mass is 313 g/mol. The van der Waals surface area contributed by atoms with Crippen molar-refractivity contribution in [1.29, 1.82) is 0 Å². The molecule has 1 aliphatic heterocycles. The highest BCUT2D eigenvalue weighted by Gasteiger charge is 2.32. The number of carboxylic acid groups (broad SMARTS) is 1. The van der Waals surface area contributed by atoms with E-state index in [-0.39, 0.29) is 6.54 Å². The highest BCUT2D eigenvalue weighted by molar-refractivity contribution is 7.87. The van der Waals surface area contributed by atoms with Crippen LogP contribution in [0.1, 0.15) is 31.4 Å². The van der Waals surface area contributed by atoms with Gasteiger partial charge in [-0.1, -0.05) is 6.07 Å². The second kappa shape index (κ2) is 6.50. The minimum absolute atomic E-state index is 0.0183. The Kier molecular flexibility index (Phi) is 4.92. The number of nitrogens with one attached hydrogen (secondary N) is 1. The van der Waals surface area contributed by atoms with Gasteiger partial charge in [0.05, 0.1) is 5.92 Å². The highest BCUT2D eigenvalue weighted by atomic mass is 32.2. The van der Waals surface area contributed by atoms with Gasteiger partial charge in [0.25, 0.3) is 10.2 Å². The van der Waals surface area contributed by atoms with Crippen LogP contribution in [-0.4, -0.2) is 41.9 Å². The fraction of sp³-hybridized carbons (Fsp3) is 0.538. The average molecular weight is 313 g/mol. The van der Waals surface area contributed by atoms with Gasteiger partial charge in [-0.15, -0.1) is 0 Å². The zero-order valence-corrected chi connectivity index (χ0v) is 12.6. The molecule has 116 valence electrons. The lowest BCUT2D eigenvalue weighted by atomic mass is 10.0. The quantitative estimate of drug-likeness (QED) is 0.836. The van der Waals surface area contributed by atoms with Crippen LogP contribution in [0.5, 0.6) is 0 Å². The van der Waals surface area contributed by atoms with E-state index in [9.17, 15) is 13.2 Å². The molecule has 0 spiro atoms. The van der Waals surface area contributed by atoms with Crippen molar-refractivity contribution < 1.29 is 18.3 Å². The van der Waals surface area contributed by atoms with Crippen LogP contribution in [0.15, 0.2) is 24.5 Å². The van der Waals surface area contributed by atoms with Crippen LogP contribution in [0.4, 0.5) is 0 Å². The number of aromatic nitrogens is 1. The summed E-state index contributed by atoms with van der Waals surface area (Å²) in [6.45, 7) is 2.09. The van der Waals surface area contributed by atoms with Crippen LogP contribution in [0.25, 0.3) is 0 Å². The molecule has 1 aromatic heterocycles. The summed E-state index contributed by atoms with van der Waals surface area (Å²) in [5.41, 5.74) is 0.757. The summed E-state index contributed by atoms with van der Waals surface area (Å²) in [4.78, 5) is 15.0. The fourth-order valence-electron chi connectivity index (χ4n) is 2.36. The molecule has 1 aromatic rings. The molecule has 0 bridgehead atoms. The molecule has 0 radical (unpaired) electrons. The fourth-order valence-corrected chi connectivity index (χ4v) is 3.84. The number of rotatable bonds is 5.